The molecular formula is C16H9ClF2N2O2S. The summed E-state index contributed by atoms with van der Waals surface area (Å²) in [6.07, 6.45) is 0. The summed E-state index contributed by atoms with van der Waals surface area (Å²) < 4.78 is 26.6. The highest BCUT2D eigenvalue weighted by atomic mass is 35.5. The van der Waals surface area contributed by atoms with Crippen molar-refractivity contribution in [3.05, 3.63) is 69.6 Å². The average molecular weight is 367 g/mol. The zero-order chi connectivity index (χ0) is 17.3. The van der Waals surface area contributed by atoms with E-state index in [1.165, 1.54) is 30.3 Å². The molecule has 0 aliphatic heterocycles. The van der Waals surface area contributed by atoms with Gasteiger partial charge in [-0.15, -0.1) is 11.3 Å². The number of nitrogens with one attached hydrogen (secondary N) is 2. The molecule has 3 rings (SSSR count). The van der Waals surface area contributed by atoms with Gasteiger partial charge in [0.2, 0.25) is 0 Å². The van der Waals surface area contributed by atoms with Gasteiger partial charge in [0.05, 0.1) is 5.02 Å². The lowest BCUT2D eigenvalue weighted by Gasteiger charge is -2.06. The van der Waals surface area contributed by atoms with Gasteiger partial charge in [-0.3, -0.25) is 20.4 Å². The van der Waals surface area contributed by atoms with Crippen LogP contribution in [-0.4, -0.2) is 11.8 Å². The number of hydrogen-bond acceptors (Lipinski definition) is 3. The molecule has 2 amide bonds. The van der Waals surface area contributed by atoms with Crippen molar-refractivity contribution in [2.45, 2.75) is 0 Å². The fraction of sp³-hybridized carbons (Fsp3) is 0. The average Bonchev–Trinajstić information content (AvgIpc) is 2.89. The molecule has 0 unspecified atom stereocenters. The zero-order valence-electron chi connectivity index (χ0n) is 11.9. The van der Waals surface area contributed by atoms with Gasteiger partial charge in [0.15, 0.2) is 0 Å². The topological polar surface area (TPSA) is 58.2 Å². The van der Waals surface area contributed by atoms with E-state index in [1.807, 2.05) is 0 Å². The molecule has 0 saturated carbocycles. The van der Waals surface area contributed by atoms with Crippen molar-refractivity contribution < 1.29 is 18.4 Å². The lowest BCUT2D eigenvalue weighted by atomic mass is 10.2. The lowest BCUT2D eigenvalue weighted by Crippen LogP contribution is -2.41. The fourth-order valence-corrected chi connectivity index (χ4v) is 3.47. The summed E-state index contributed by atoms with van der Waals surface area (Å²) in [4.78, 5) is 24.2. The van der Waals surface area contributed by atoms with E-state index < -0.39 is 23.4 Å². The van der Waals surface area contributed by atoms with Crippen LogP contribution in [0.4, 0.5) is 8.78 Å². The van der Waals surface area contributed by atoms with E-state index in [1.54, 1.807) is 0 Å². The molecule has 0 saturated heterocycles. The first-order chi connectivity index (χ1) is 11.5. The summed E-state index contributed by atoms with van der Waals surface area (Å²) in [5, 5.41) is 0.738. The first-order valence-corrected chi connectivity index (χ1v) is 7.89. The molecule has 0 radical (unpaired) electrons. The minimum Gasteiger partial charge on any atom is -0.267 e. The van der Waals surface area contributed by atoms with E-state index in [2.05, 4.69) is 10.9 Å². The molecule has 0 spiro atoms. The van der Waals surface area contributed by atoms with Gasteiger partial charge in [-0.05, 0) is 42.5 Å². The first kappa shape index (κ1) is 16.4. The number of fused-ring (bicyclic) bond motifs is 1. The largest absolute Gasteiger partial charge is 0.281 e. The smallest absolute Gasteiger partial charge is 0.267 e. The fourth-order valence-electron chi connectivity index (χ4n) is 2.03. The Hall–Kier alpha value is -2.51. The number of carbonyl (C=O) groups excluding carboxylic acids is 2. The molecule has 1 heterocycles. The van der Waals surface area contributed by atoms with Crippen LogP contribution in [0.1, 0.15) is 20.0 Å². The van der Waals surface area contributed by atoms with E-state index in [-0.39, 0.29) is 15.5 Å². The minimum absolute atomic E-state index is 0.150. The monoisotopic (exact) mass is 366 g/mol. The Labute approximate surface area is 144 Å². The molecule has 0 fully saturated rings. The van der Waals surface area contributed by atoms with Crippen molar-refractivity contribution >= 4 is 44.8 Å². The molecule has 24 heavy (non-hydrogen) atoms. The second kappa shape index (κ2) is 6.54. The van der Waals surface area contributed by atoms with Gasteiger partial charge < -0.3 is 0 Å². The Kier molecular flexibility index (Phi) is 4.46. The molecule has 4 nitrogen and oxygen atoms in total. The molecule has 2 aromatic carbocycles. The van der Waals surface area contributed by atoms with E-state index in [4.69, 9.17) is 11.6 Å². The molecule has 0 aliphatic carbocycles. The van der Waals surface area contributed by atoms with Crippen molar-refractivity contribution in [3.63, 3.8) is 0 Å². The predicted octanol–water partition coefficient (Wildman–Crippen LogP) is 3.91. The highest BCUT2D eigenvalue weighted by molar-refractivity contribution is 7.21. The van der Waals surface area contributed by atoms with Crippen LogP contribution in [0, 0.1) is 11.6 Å². The maximum Gasteiger partial charge on any atom is 0.281 e. The molecule has 0 atom stereocenters. The molecule has 3 aromatic rings. The third-order valence-corrected chi connectivity index (χ3v) is 4.85. The van der Waals surface area contributed by atoms with Crippen LogP contribution >= 0.6 is 22.9 Å². The van der Waals surface area contributed by atoms with Crippen molar-refractivity contribution in [3.8, 4) is 0 Å². The Bertz CT molecular complexity index is 941. The van der Waals surface area contributed by atoms with E-state index in [9.17, 15) is 18.4 Å². The van der Waals surface area contributed by atoms with Gasteiger partial charge in [0, 0.05) is 15.6 Å². The Morgan fingerprint density at radius 3 is 2.25 bits per heavy atom. The SMILES string of the molecule is O=C(NNC(=O)c1sc2cc(F)ccc2c1Cl)c1ccc(F)cc1. The number of amides is 2. The van der Waals surface area contributed by atoms with Crippen LogP contribution in [0.5, 0.6) is 0 Å². The van der Waals surface area contributed by atoms with Crippen LogP contribution in [0.15, 0.2) is 42.5 Å². The van der Waals surface area contributed by atoms with Gasteiger partial charge in [-0.25, -0.2) is 8.78 Å². The molecule has 1 aromatic heterocycles. The third kappa shape index (κ3) is 3.22. The second-order valence-electron chi connectivity index (χ2n) is 4.80. The van der Waals surface area contributed by atoms with Crippen LogP contribution in [0.3, 0.4) is 0 Å². The van der Waals surface area contributed by atoms with Crippen molar-refractivity contribution in [1.29, 1.82) is 0 Å². The number of halogens is 3. The quantitative estimate of drug-likeness (QED) is 0.676. The Balaban J connectivity index is 1.74. The zero-order valence-corrected chi connectivity index (χ0v) is 13.5. The number of hydrazine groups is 1. The minimum atomic E-state index is -0.628. The van der Waals surface area contributed by atoms with Gasteiger partial charge in [0.1, 0.15) is 16.5 Å². The maximum atomic E-state index is 13.2. The Morgan fingerprint density at radius 2 is 1.54 bits per heavy atom. The molecule has 8 heteroatoms. The summed E-state index contributed by atoms with van der Waals surface area (Å²) in [6, 6.07) is 8.84. The number of carbonyl (C=O) groups is 2. The van der Waals surface area contributed by atoms with Crippen molar-refractivity contribution in [2.24, 2.45) is 0 Å². The van der Waals surface area contributed by atoms with Crippen molar-refractivity contribution in [2.75, 3.05) is 0 Å². The van der Waals surface area contributed by atoms with Gasteiger partial charge in [0.25, 0.3) is 11.8 Å². The third-order valence-electron chi connectivity index (χ3n) is 3.19. The number of hydrogen-bond donors (Lipinski definition) is 2. The molecule has 0 aliphatic rings. The normalized spacial score (nSPS) is 10.6. The summed E-state index contributed by atoms with van der Waals surface area (Å²) in [5.41, 5.74) is 4.62. The highest BCUT2D eigenvalue weighted by Gasteiger charge is 2.18. The standard InChI is InChI=1S/C16H9ClF2N2O2S/c17-13-11-6-5-10(19)7-12(11)24-14(13)16(23)21-20-15(22)8-1-3-9(18)4-2-8/h1-7H,(H,20,22)(H,21,23). The highest BCUT2D eigenvalue weighted by Crippen LogP contribution is 2.35. The Morgan fingerprint density at radius 1 is 0.917 bits per heavy atom. The van der Waals surface area contributed by atoms with Crippen LogP contribution in [-0.2, 0) is 0 Å². The number of benzene rings is 2. The summed E-state index contributed by atoms with van der Waals surface area (Å²) in [6.45, 7) is 0. The number of rotatable bonds is 2. The lowest BCUT2D eigenvalue weighted by molar-refractivity contribution is 0.0849. The van der Waals surface area contributed by atoms with Crippen molar-refractivity contribution in [1.82, 2.24) is 10.9 Å². The van der Waals surface area contributed by atoms with E-state index >= 15 is 0 Å². The summed E-state index contributed by atoms with van der Waals surface area (Å²) in [5.74, 6) is -2.14. The summed E-state index contributed by atoms with van der Waals surface area (Å²) in [7, 11) is 0. The van der Waals surface area contributed by atoms with Gasteiger partial charge in [-0.1, -0.05) is 11.6 Å². The molecule has 2 N–H and O–H groups in total. The molecule has 0 bridgehead atoms. The predicted molar refractivity (Wildman–Crippen MR) is 88.1 cm³/mol. The van der Waals surface area contributed by atoms with Gasteiger partial charge in [-0.2, -0.15) is 0 Å². The summed E-state index contributed by atoms with van der Waals surface area (Å²) >= 11 is 7.14. The first-order valence-electron chi connectivity index (χ1n) is 6.69. The van der Waals surface area contributed by atoms with Crippen LogP contribution in [0.25, 0.3) is 10.1 Å². The van der Waals surface area contributed by atoms with Gasteiger partial charge >= 0.3 is 0 Å². The second-order valence-corrected chi connectivity index (χ2v) is 6.23. The molecule has 122 valence electrons. The van der Waals surface area contributed by atoms with E-state index in [0.717, 1.165) is 23.5 Å². The van der Waals surface area contributed by atoms with E-state index in [0.29, 0.717) is 10.1 Å². The van der Waals surface area contributed by atoms with Crippen LogP contribution < -0.4 is 10.9 Å². The molecular weight excluding hydrogens is 358 g/mol. The van der Waals surface area contributed by atoms with Crippen LogP contribution in [0.2, 0.25) is 5.02 Å². The maximum absolute atomic E-state index is 13.2. The number of thiophene rings is 1.